The molecule has 0 N–H and O–H groups in total. The second-order valence-corrected chi connectivity index (χ2v) is 13.1. The Hall–Kier alpha value is -0.833. The third kappa shape index (κ3) is 6.51. The number of esters is 1. The number of carbonyl (C=O) groups excluding carboxylic acids is 1. The maximum atomic E-state index is 12.2. The van der Waals surface area contributed by atoms with Gasteiger partial charge in [0.05, 0.1) is 12.0 Å². The van der Waals surface area contributed by atoms with Gasteiger partial charge in [0.25, 0.3) is 0 Å². The van der Waals surface area contributed by atoms with Crippen LogP contribution in [0, 0.1) is 16.9 Å². The van der Waals surface area contributed by atoms with Crippen LogP contribution in [0.2, 0.25) is 19.6 Å². The first kappa shape index (κ1) is 19.2. The Morgan fingerprint density at radius 1 is 1.36 bits per heavy atom. The molecule has 0 spiro atoms. The molecule has 0 saturated carbocycles. The van der Waals surface area contributed by atoms with E-state index >= 15 is 0 Å². The first-order valence-electron chi connectivity index (χ1n) is 7.83. The van der Waals surface area contributed by atoms with Crippen LogP contribution < -0.4 is 0 Å². The average Bonchev–Trinajstić information content (AvgIpc) is 2.65. The van der Waals surface area contributed by atoms with Crippen molar-refractivity contribution in [2.24, 2.45) is 5.41 Å². The van der Waals surface area contributed by atoms with Gasteiger partial charge >= 0.3 is 5.97 Å². The molecule has 0 aromatic carbocycles. The van der Waals surface area contributed by atoms with E-state index in [9.17, 15) is 4.79 Å². The van der Waals surface area contributed by atoms with E-state index in [0.29, 0.717) is 13.0 Å². The van der Waals surface area contributed by atoms with Crippen LogP contribution in [0.25, 0.3) is 0 Å². The molecule has 0 aliphatic carbocycles. The zero-order chi connectivity index (χ0) is 17.2. The maximum absolute atomic E-state index is 12.2. The molecule has 5 heteroatoms. The van der Waals surface area contributed by atoms with E-state index in [1.807, 2.05) is 34.6 Å². The molecule has 22 heavy (non-hydrogen) atoms. The van der Waals surface area contributed by atoms with Gasteiger partial charge in [-0.1, -0.05) is 19.6 Å². The Kier molecular flexibility index (Phi) is 5.88. The normalized spacial score (nSPS) is 22.6. The van der Waals surface area contributed by atoms with Crippen molar-refractivity contribution in [1.82, 2.24) is 0 Å². The van der Waals surface area contributed by atoms with Gasteiger partial charge in [-0.25, -0.2) is 0 Å². The van der Waals surface area contributed by atoms with Crippen LogP contribution in [0.4, 0.5) is 0 Å². The van der Waals surface area contributed by atoms with E-state index in [0.717, 1.165) is 0 Å². The van der Waals surface area contributed by atoms with Gasteiger partial charge in [0.2, 0.25) is 0 Å². The van der Waals surface area contributed by atoms with Crippen molar-refractivity contribution in [3.63, 3.8) is 0 Å². The minimum atomic E-state index is -1.44. The lowest BCUT2D eigenvalue weighted by atomic mass is 9.97. The summed E-state index contributed by atoms with van der Waals surface area (Å²) >= 11 is 0. The van der Waals surface area contributed by atoms with E-state index in [1.54, 1.807) is 0 Å². The third-order valence-electron chi connectivity index (χ3n) is 3.08. The van der Waals surface area contributed by atoms with E-state index < -0.39 is 25.4 Å². The summed E-state index contributed by atoms with van der Waals surface area (Å²) in [5.74, 6) is 2.31. The van der Waals surface area contributed by atoms with Gasteiger partial charge in [-0.3, -0.25) is 4.79 Å². The first-order valence-corrected chi connectivity index (χ1v) is 11.3. The van der Waals surface area contributed by atoms with Gasteiger partial charge in [-0.05, 0) is 34.6 Å². The van der Waals surface area contributed by atoms with Crippen LogP contribution in [0.3, 0.4) is 0 Å². The molecule has 0 amide bonds. The average molecular weight is 327 g/mol. The fourth-order valence-corrected chi connectivity index (χ4v) is 2.51. The quantitative estimate of drug-likeness (QED) is 0.453. The Morgan fingerprint density at radius 2 is 1.95 bits per heavy atom. The molecular weight excluding hydrogens is 296 g/mol. The van der Waals surface area contributed by atoms with Crippen molar-refractivity contribution in [2.45, 2.75) is 78.7 Å². The lowest BCUT2D eigenvalue weighted by molar-refractivity contribution is -0.176. The largest absolute Gasteiger partial charge is 0.458 e. The molecule has 4 nitrogen and oxygen atoms in total. The molecule has 1 aliphatic heterocycles. The van der Waals surface area contributed by atoms with E-state index in [-0.39, 0.29) is 12.1 Å². The molecule has 0 aromatic rings. The Balaban J connectivity index is 2.81. The fraction of sp³-hybridized carbons (Fsp3) is 0.824. The van der Waals surface area contributed by atoms with E-state index in [2.05, 4.69) is 31.1 Å². The van der Waals surface area contributed by atoms with Gasteiger partial charge in [0, 0.05) is 6.42 Å². The number of hydrogen-bond donors (Lipinski definition) is 0. The molecule has 0 aromatic heterocycles. The zero-order valence-corrected chi connectivity index (χ0v) is 16.2. The van der Waals surface area contributed by atoms with Crippen molar-refractivity contribution in [3.8, 4) is 11.5 Å². The fourth-order valence-electron chi connectivity index (χ4n) is 1.88. The molecule has 1 aliphatic rings. The minimum absolute atomic E-state index is 0.236. The van der Waals surface area contributed by atoms with Crippen LogP contribution in [0.1, 0.15) is 41.0 Å². The lowest BCUT2D eigenvalue weighted by Gasteiger charge is -2.26. The first-order chi connectivity index (χ1) is 9.80. The second kappa shape index (κ2) is 6.73. The molecule has 126 valence electrons. The highest BCUT2D eigenvalue weighted by molar-refractivity contribution is 6.83. The SMILES string of the molecule is CC1(C)OC[C@H]([C@@H](CC#C[Si](C)(C)C)OC(=O)C(C)(C)C)O1. The zero-order valence-electron chi connectivity index (χ0n) is 15.2. The predicted molar refractivity (Wildman–Crippen MR) is 90.0 cm³/mol. The number of hydrogen-bond acceptors (Lipinski definition) is 4. The number of rotatable bonds is 3. The van der Waals surface area contributed by atoms with E-state index in [1.165, 1.54) is 0 Å². The summed E-state index contributed by atoms with van der Waals surface area (Å²) in [5.41, 5.74) is 2.77. The number of carbonyl (C=O) groups is 1. The molecule has 0 unspecified atom stereocenters. The van der Waals surface area contributed by atoms with E-state index in [4.69, 9.17) is 14.2 Å². The van der Waals surface area contributed by atoms with Crippen molar-refractivity contribution in [2.75, 3.05) is 6.61 Å². The summed E-state index contributed by atoms with van der Waals surface area (Å²) in [4.78, 5) is 12.2. The maximum Gasteiger partial charge on any atom is 0.311 e. The Morgan fingerprint density at radius 3 is 2.36 bits per heavy atom. The van der Waals surface area contributed by atoms with Crippen LogP contribution in [-0.2, 0) is 19.0 Å². The van der Waals surface area contributed by atoms with Gasteiger partial charge in [-0.2, -0.15) is 0 Å². The Labute approximate surface area is 135 Å². The topological polar surface area (TPSA) is 44.8 Å². The molecule has 0 radical (unpaired) electrons. The van der Waals surface area contributed by atoms with Crippen molar-refractivity contribution in [3.05, 3.63) is 0 Å². The van der Waals surface area contributed by atoms with Gasteiger partial charge in [0.15, 0.2) is 5.79 Å². The van der Waals surface area contributed by atoms with Gasteiger partial charge in [0.1, 0.15) is 20.3 Å². The van der Waals surface area contributed by atoms with Gasteiger partial charge < -0.3 is 14.2 Å². The predicted octanol–water partition coefficient (Wildman–Crippen LogP) is 3.37. The summed E-state index contributed by atoms with van der Waals surface area (Å²) in [6, 6.07) is 0. The van der Waals surface area contributed by atoms with Crippen LogP contribution in [0.5, 0.6) is 0 Å². The van der Waals surface area contributed by atoms with Crippen molar-refractivity contribution < 1.29 is 19.0 Å². The minimum Gasteiger partial charge on any atom is -0.458 e. The van der Waals surface area contributed by atoms with Crippen LogP contribution in [-0.4, -0.2) is 38.6 Å². The molecule has 1 fully saturated rings. The lowest BCUT2D eigenvalue weighted by Crippen LogP contribution is -2.37. The van der Waals surface area contributed by atoms with Crippen molar-refractivity contribution in [1.29, 1.82) is 0 Å². The van der Waals surface area contributed by atoms with Crippen molar-refractivity contribution >= 4 is 14.0 Å². The summed E-state index contributed by atoms with van der Waals surface area (Å²) in [5, 5.41) is 0. The summed E-state index contributed by atoms with van der Waals surface area (Å²) in [6.07, 6.45) is -0.175. The summed E-state index contributed by atoms with van der Waals surface area (Å²) in [6.45, 7) is 16.2. The van der Waals surface area contributed by atoms with Crippen LogP contribution in [0.15, 0.2) is 0 Å². The second-order valence-electron chi connectivity index (χ2n) is 8.32. The Bertz CT molecular complexity index is 460. The number of ether oxygens (including phenoxy) is 3. The third-order valence-corrected chi connectivity index (χ3v) is 4.01. The van der Waals surface area contributed by atoms with Gasteiger partial charge in [-0.15, -0.1) is 11.5 Å². The monoisotopic (exact) mass is 326 g/mol. The standard InChI is InChI=1S/C17H30O4Si/c1-16(2,3)15(18)20-13(10-9-11-22(6,7)8)14-12-19-17(4,5)21-14/h13-14H,10,12H2,1-8H3/t13-,14-/m1/s1. The highest BCUT2D eigenvalue weighted by atomic mass is 28.3. The highest BCUT2D eigenvalue weighted by Crippen LogP contribution is 2.28. The molecule has 2 atom stereocenters. The molecule has 0 bridgehead atoms. The molecule has 1 saturated heterocycles. The molecule has 1 heterocycles. The molecule has 1 rings (SSSR count). The summed E-state index contributed by atoms with van der Waals surface area (Å²) < 4.78 is 17.1. The smallest absolute Gasteiger partial charge is 0.311 e. The summed E-state index contributed by atoms with van der Waals surface area (Å²) in [7, 11) is -1.44. The highest BCUT2D eigenvalue weighted by Gasteiger charge is 2.40. The molecular formula is C17H30O4Si. The van der Waals surface area contributed by atoms with Crippen LogP contribution >= 0.6 is 0 Å².